The van der Waals surface area contributed by atoms with Crippen LogP contribution in [0.3, 0.4) is 0 Å². The predicted octanol–water partition coefficient (Wildman–Crippen LogP) is 3.93. The summed E-state index contributed by atoms with van der Waals surface area (Å²) in [5.41, 5.74) is -0.186. The van der Waals surface area contributed by atoms with Crippen LogP contribution in [0.25, 0.3) is 0 Å². The summed E-state index contributed by atoms with van der Waals surface area (Å²) in [6.45, 7) is 4.92. The zero-order valence-electron chi connectivity index (χ0n) is 11.2. The van der Waals surface area contributed by atoms with E-state index in [0.717, 1.165) is 6.07 Å². The number of aliphatic imine (C=N–C) groups is 1. The fraction of sp³-hybridized carbons (Fsp3) is 0.462. The van der Waals surface area contributed by atoms with Gasteiger partial charge in [0.15, 0.2) is 5.75 Å². The topological polar surface area (TPSA) is 24.8 Å². The van der Waals surface area contributed by atoms with Crippen molar-refractivity contribution in [3.8, 4) is 5.75 Å². The van der Waals surface area contributed by atoms with Crippen molar-refractivity contribution in [2.75, 3.05) is 19.6 Å². The predicted molar refractivity (Wildman–Crippen MR) is 69.1 cm³/mol. The van der Waals surface area contributed by atoms with Gasteiger partial charge in [-0.2, -0.15) is 4.39 Å². The Labute approximate surface area is 114 Å². The molecule has 0 unspecified atom stereocenters. The molecule has 112 valence electrons. The van der Waals surface area contributed by atoms with Gasteiger partial charge in [0.1, 0.15) is 5.69 Å². The first-order chi connectivity index (χ1) is 9.35. The lowest BCUT2D eigenvalue weighted by atomic mass is 10.3. The lowest BCUT2D eigenvalue weighted by Crippen LogP contribution is -2.27. The third kappa shape index (κ3) is 5.56. The average Bonchev–Trinajstić information content (AvgIpc) is 2.36. The molecule has 0 spiro atoms. The molecule has 0 saturated carbocycles. The molecule has 0 atom stereocenters. The van der Waals surface area contributed by atoms with E-state index in [0.29, 0.717) is 13.1 Å². The molecule has 1 rings (SSSR count). The van der Waals surface area contributed by atoms with Crippen molar-refractivity contribution in [3.05, 3.63) is 24.3 Å². The number of hydrogen-bond donors (Lipinski definition) is 0. The summed E-state index contributed by atoms with van der Waals surface area (Å²) in [6, 6.07) is 5.19. The Morgan fingerprint density at radius 2 is 1.80 bits per heavy atom. The minimum atomic E-state index is -4.83. The Morgan fingerprint density at radius 1 is 1.20 bits per heavy atom. The van der Waals surface area contributed by atoms with Gasteiger partial charge in [0.05, 0.1) is 6.54 Å². The molecule has 20 heavy (non-hydrogen) atoms. The summed E-state index contributed by atoms with van der Waals surface area (Å²) in [7, 11) is 0. The molecule has 0 bridgehead atoms. The van der Waals surface area contributed by atoms with E-state index in [1.165, 1.54) is 18.2 Å². The maximum Gasteiger partial charge on any atom is 0.573 e. The summed E-state index contributed by atoms with van der Waals surface area (Å²) >= 11 is 0. The minimum absolute atomic E-state index is 0.0483. The van der Waals surface area contributed by atoms with Gasteiger partial charge in [-0.25, -0.2) is 4.99 Å². The van der Waals surface area contributed by atoms with Crippen LogP contribution < -0.4 is 4.74 Å². The van der Waals surface area contributed by atoms with Crippen molar-refractivity contribution in [1.82, 2.24) is 4.90 Å². The molecule has 0 amide bonds. The Bertz CT molecular complexity index is 456. The molecule has 7 heteroatoms. The molecule has 0 aliphatic heterocycles. The van der Waals surface area contributed by atoms with Gasteiger partial charge in [0.2, 0.25) is 5.97 Å². The van der Waals surface area contributed by atoms with E-state index in [1.54, 1.807) is 4.90 Å². The third-order valence-corrected chi connectivity index (χ3v) is 2.58. The van der Waals surface area contributed by atoms with E-state index in [4.69, 9.17) is 0 Å². The molecule has 1 aromatic rings. The van der Waals surface area contributed by atoms with Crippen molar-refractivity contribution in [3.63, 3.8) is 0 Å². The molecule has 1 aromatic carbocycles. The number of halogens is 4. The lowest BCUT2D eigenvalue weighted by Gasteiger charge is -2.16. The van der Waals surface area contributed by atoms with Crippen LogP contribution in [-0.2, 0) is 0 Å². The van der Waals surface area contributed by atoms with Gasteiger partial charge in [-0.05, 0) is 25.2 Å². The van der Waals surface area contributed by atoms with Crippen LogP contribution in [0.15, 0.2) is 29.3 Å². The first kappa shape index (κ1) is 16.4. The van der Waals surface area contributed by atoms with Crippen molar-refractivity contribution in [2.24, 2.45) is 4.99 Å². The molecule has 0 N–H and O–H groups in total. The number of rotatable bonds is 6. The second-order valence-electron chi connectivity index (χ2n) is 3.96. The SMILES string of the molecule is CCN(CC)CC(F)=Nc1ccccc1OC(F)(F)F. The Balaban J connectivity index is 2.90. The standard InChI is InChI=1S/C13H16F4N2O/c1-3-19(4-2)9-12(14)18-10-7-5-6-8-11(10)20-13(15,16)17/h5-8H,3-4,9H2,1-2H3. The normalized spacial score (nSPS) is 12.8. The van der Waals surface area contributed by atoms with E-state index < -0.39 is 18.1 Å². The lowest BCUT2D eigenvalue weighted by molar-refractivity contribution is -0.274. The second kappa shape index (κ2) is 7.23. The number of hydrogen-bond acceptors (Lipinski definition) is 3. The molecule has 0 aliphatic carbocycles. The summed E-state index contributed by atoms with van der Waals surface area (Å²) in [5.74, 6) is -1.28. The summed E-state index contributed by atoms with van der Waals surface area (Å²) < 4.78 is 54.1. The van der Waals surface area contributed by atoms with Crippen LogP contribution >= 0.6 is 0 Å². The average molecular weight is 292 g/mol. The molecule has 0 radical (unpaired) electrons. The van der Waals surface area contributed by atoms with Crippen molar-refractivity contribution in [2.45, 2.75) is 20.2 Å². The molecule has 3 nitrogen and oxygen atoms in total. The second-order valence-corrected chi connectivity index (χ2v) is 3.96. The van der Waals surface area contributed by atoms with E-state index in [1.807, 2.05) is 13.8 Å². The highest BCUT2D eigenvalue weighted by molar-refractivity contribution is 5.81. The summed E-state index contributed by atoms with van der Waals surface area (Å²) in [5, 5.41) is 0. The van der Waals surface area contributed by atoms with Gasteiger partial charge in [-0.15, -0.1) is 13.2 Å². The quantitative estimate of drug-likeness (QED) is 0.586. The zero-order chi connectivity index (χ0) is 15.2. The van der Waals surface area contributed by atoms with Gasteiger partial charge < -0.3 is 4.74 Å². The van der Waals surface area contributed by atoms with Gasteiger partial charge in [-0.3, -0.25) is 4.90 Å². The monoisotopic (exact) mass is 292 g/mol. The highest BCUT2D eigenvalue weighted by Crippen LogP contribution is 2.32. The zero-order valence-corrected chi connectivity index (χ0v) is 11.2. The van der Waals surface area contributed by atoms with E-state index in [-0.39, 0.29) is 12.2 Å². The Morgan fingerprint density at radius 3 is 2.35 bits per heavy atom. The highest BCUT2D eigenvalue weighted by atomic mass is 19.4. The maximum atomic E-state index is 13.7. The van der Waals surface area contributed by atoms with Crippen LogP contribution in [0.5, 0.6) is 5.75 Å². The fourth-order valence-corrected chi connectivity index (χ4v) is 1.56. The number of para-hydroxylation sites is 2. The number of nitrogens with zero attached hydrogens (tertiary/aromatic N) is 2. The largest absolute Gasteiger partial charge is 0.573 e. The van der Waals surface area contributed by atoms with Crippen molar-refractivity contribution < 1.29 is 22.3 Å². The number of ether oxygens (including phenoxy) is 1. The Hall–Kier alpha value is -1.63. The first-order valence-electron chi connectivity index (χ1n) is 6.16. The molecule has 0 aliphatic rings. The molecular formula is C13H16F4N2O. The molecular weight excluding hydrogens is 276 g/mol. The van der Waals surface area contributed by atoms with Crippen molar-refractivity contribution in [1.29, 1.82) is 0 Å². The van der Waals surface area contributed by atoms with Crippen LogP contribution in [0.2, 0.25) is 0 Å². The molecule has 0 saturated heterocycles. The maximum absolute atomic E-state index is 13.7. The van der Waals surface area contributed by atoms with E-state index in [2.05, 4.69) is 9.73 Å². The summed E-state index contributed by atoms with van der Waals surface area (Å²) in [6.07, 6.45) is -4.83. The fourth-order valence-electron chi connectivity index (χ4n) is 1.56. The molecule has 0 fully saturated rings. The first-order valence-corrected chi connectivity index (χ1v) is 6.16. The highest BCUT2D eigenvalue weighted by Gasteiger charge is 2.32. The van der Waals surface area contributed by atoms with Gasteiger partial charge in [-0.1, -0.05) is 26.0 Å². The Kier molecular flexibility index (Phi) is 5.94. The molecule has 0 heterocycles. The van der Waals surface area contributed by atoms with Gasteiger partial charge in [0.25, 0.3) is 0 Å². The molecule has 0 aromatic heterocycles. The van der Waals surface area contributed by atoms with Gasteiger partial charge >= 0.3 is 6.36 Å². The third-order valence-electron chi connectivity index (χ3n) is 2.58. The number of alkyl halides is 3. The van der Waals surface area contributed by atoms with Crippen LogP contribution in [-0.4, -0.2) is 36.9 Å². The van der Waals surface area contributed by atoms with Crippen LogP contribution in [0, 0.1) is 0 Å². The smallest absolute Gasteiger partial charge is 0.403 e. The van der Waals surface area contributed by atoms with E-state index >= 15 is 0 Å². The van der Waals surface area contributed by atoms with Gasteiger partial charge in [0, 0.05) is 0 Å². The van der Waals surface area contributed by atoms with E-state index in [9.17, 15) is 17.6 Å². The number of benzene rings is 1. The summed E-state index contributed by atoms with van der Waals surface area (Å²) in [4.78, 5) is 5.32. The van der Waals surface area contributed by atoms with Crippen LogP contribution in [0.4, 0.5) is 23.2 Å². The van der Waals surface area contributed by atoms with Crippen LogP contribution in [0.1, 0.15) is 13.8 Å². The van der Waals surface area contributed by atoms with Crippen molar-refractivity contribution >= 4 is 11.7 Å². The minimum Gasteiger partial charge on any atom is -0.403 e.